The standard InChI is InChI=1S/C9H10N4O3/c1-2-3-8(14)10-4-7-5-13(12-11-7)6-9(15)16/h5H,4,6H2,1H3,(H,10,14)(H,15,16). The number of hydrogen-bond acceptors (Lipinski definition) is 4. The van der Waals surface area contributed by atoms with Crippen molar-refractivity contribution in [2.75, 3.05) is 0 Å². The van der Waals surface area contributed by atoms with Gasteiger partial charge in [0.2, 0.25) is 0 Å². The molecule has 0 unspecified atom stereocenters. The van der Waals surface area contributed by atoms with Crippen LogP contribution in [0.4, 0.5) is 0 Å². The Hall–Kier alpha value is -2.36. The first kappa shape index (κ1) is 11.7. The first-order chi connectivity index (χ1) is 7.61. The molecule has 16 heavy (non-hydrogen) atoms. The number of aliphatic carboxylic acids is 1. The van der Waals surface area contributed by atoms with E-state index in [1.54, 1.807) is 6.92 Å². The van der Waals surface area contributed by atoms with E-state index in [0.717, 1.165) is 0 Å². The first-order valence-corrected chi connectivity index (χ1v) is 4.43. The summed E-state index contributed by atoms with van der Waals surface area (Å²) in [5, 5.41) is 18.2. The third-order valence-electron chi connectivity index (χ3n) is 1.55. The Balaban J connectivity index is 2.48. The Labute approximate surface area is 91.4 Å². The van der Waals surface area contributed by atoms with E-state index in [1.807, 2.05) is 0 Å². The van der Waals surface area contributed by atoms with Crippen molar-refractivity contribution in [3.05, 3.63) is 11.9 Å². The average Bonchev–Trinajstić information content (AvgIpc) is 2.62. The van der Waals surface area contributed by atoms with Crippen LogP contribution in [0.2, 0.25) is 0 Å². The summed E-state index contributed by atoms with van der Waals surface area (Å²) in [6.45, 7) is 1.48. The summed E-state index contributed by atoms with van der Waals surface area (Å²) in [5.74, 6) is 3.35. The molecule has 0 spiro atoms. The van der Waals surface area contributed by atoms with Gasteiger partial charge in [0, 0.05) is 0 Å². The monoisotopic (exact) mass is 222 g/mol. The summed E-state index contributed by atoms with van der Waals surface area (Å²) in [6.07, 6.45) is 1.45. The molecule has 7 heteroatoms. The van der Waals surface area contributed by atoms with Gasteiger partial charge in [0.25, 0.3) is 5.91 Å². The van der Waals surface area contributed by atoms with Gasteiger partial charge in [-0.15, -0.1) is 5.10 Å². The first-order valence-electron chi connectivity index (χ1n) is 4.43. The van der Waals surface area contributed by atoms with Crippen LogP contribution < -0.4 is 5.32 Å². The summed E-state index contributed by atoms with van der Waals surface area (Å²) < 4.78 is 1.18. The molecule has 0 saturated heterocycles. The molecule has 0 aliphatic rings. The van der Waals surface area contributed by atoms with Gasteiger partial charge in [-0.05, 0) is 12.8 Å². The van der Waals surface area contributed by atoms with Crippen LogP contribution in [0, 0.1) is 11.8 Å². The van der Waals surface area contributed by atoms with E-state index < -0.39 is 11.9 Å². The third-order valence-corrected chi connectivity index (χ3v) is 1.55. The highest BCUT2D eigenvalue weighted by molar-refractivity contribution is 5.93. The molecule has 7 nitrogen and oxygen atoms in total. The zero-order valence-electron chi connectivity index (χ0n) is 8.60. The topological polar surface area (TPSA) is 97.1 Å². The van der Waals surface area contributed by atoms with E-state index in [9.17, 15) is 9.59 Å². The zero-order chi connectivity index (χ0) is 12.0. The largest absolute Gasteiger partial charge is 0.480 e. The predicted molar refractivity (Wildman–Crippen MR) is 53.0 cm³/mol. The fraction of sp³-hybridized carbons (Fsp3) is 0.333. The van der Waals surface area contributed by atoms with Gasteiger partial charge in [0.05, 0.1) is 12.7 Å². The maximum absolute atomic E-state index is 11.0. The van der Waals surface area contributed by atoms with E-state index in [0.29, 0.717) is 5.69 Å². The number of nitrogens with one attached hydrogen (secondary N) is 1. The molecule has 0 aliphatic heterocycles. The van der Waals surface area contributed by atoms with Gasteiger partial charge in [-0.2, -0.15) is 0 Å². The molecule has 84 valence electrons. The van der Waals surface area contributed by atoms with Crippen molar-refractivity contribution in [2.45, 2.75) is 20.0 Å². The van der Waals surface area contributed by atoms with Crippen LogP contribution >= 0.6 is 0 Å². The molecule has 0 aromatic carbocycles. The molecule has 1 heterocycles. The lowest BCUT2D eigenvalue weighted by Gasteiger charge is -1.95. The molecule has 0 radical (unpaired) electrons. The van der Waals surface area contributed by atoms with E-state index in [4.69, 9.17) is 5.11 Å². The van der Waals surface area contributed by atoms with Gasteiger partial charge in [-0.3, -0.25) is 9.59 Å². The van der Waals surface area contributed by atoms with Gasteiger partial charge in [0.15, 0.2) is 0 Å². The lowest BCUT2D eigenvalue weighted by Crippen LogP contribution is -2.20. The highest BCUT2D eigenvalue weighted by Crippen LogP contribution is 1.92. The minimum atomic E-state index is -1.00. The molecule has 0 aliphatic carbocycles. The molecule has 2 N–H and O–H groups in total. The molecule has 1 aromatic heterocycles. The van der Waals surface area contributed by atoms with E-state index in [1.165, 1.54) is 10.9 Å². The molecule has 1 aromatic rings. The third kappa shape index (κ3) is 3.79. The second kappa shape index (κ2) is 5.50. The Morgan fingerprint density at radius 2 is 2.38 bits per heavy atom. The van der Waals surface area contributed by atoms with Crippen molar-refractivity contribution >= 4 is 11.9 Å². The second-order valence-corrected chi connectivity index (χ2v) is 2.86. The minimum absolute atomic E-state index is 0.174. The Kier molecular flexibility index (Phi) is 4.03. The number of amides is 1. The lowest BCUT2D eigenvalue weighted by atomic mass is 10.4. The summed E-state index contributed by atoms with van der Waals surface area (Å²) in [7, 11) is 0. The van der Waals surface area contributed by atoms with Gasteiger partial charge >= 0.3 is 5.97 Å². The van der Waals surface area contributed by atoms with Crippen LogP contribution in [-0.4, -0.2) is 32.0 Å². The van der Waals surface area contributed by atoms with Crippen LogP contribution in [0.3, 0.4) is 0 Å². The number of nitrogens with zero attached hydrogens (tertiary/aromatic N) is 3. The van der Waals surface area contributed by atoms with Crippen molar-refractivity contribution in [3.63, 3.8) is 0 Å². The molecule has 0 atom stereocenters. The SMILES string of the molecule is CC#CC(=O)NCc1cn(CC(=O)O)nn1. The van der Waals surface area contributed by atoms with Gasteiger partial charge in [-0.25, -0.2) is 4.68 Å². The quantitative estimate of drug-likeness (QED) is 0.637. The Morgan fingerprint density at radius 3 is 3.00 bits per heavy atom. The molecule has 0 bridgehead atoms. The number of carbonyl (C=O) groups is 2. The maximum atomic E-state index is 11.0. The lowest BCUT2D eigenvalue weighted by molar-refractivity contribution is -0.137. The number of aromatic nitrogens is 3. The van der Waals surface area contributed by atoms with Gasteiger partial charge in [-0.1, -0.05) is 11.1 Å². The maximum Gasteiger partial charge on any atom is 0.325 e. The van der Waals surface area contributed by atoms with E-state index >= 15 is 0 Å². The zero-order valence-corrected chi connectivity index (χ0v) is 8.60. The molecular formula is C9H10N4O3. The van der Waals surface area contributed by atoms with Crippen LogP contribution in [0.1, 0.15) is 12.6 Å². The molecule has 0 saturated carbocycles. The van der Waals surface area contributed by atoms with Crippen LogP contribution in [0.15, 0.2) is 6.20 Å². The van der Waals surface area contributed by atoms with Crippen molar-refractivity contribution in [3.8, 4) is 11.8 Å². The van der Waals surface area contributed by atoms with Crippen molar-refractivity contribution in [1.82, 2.24) is 20.3 Å². The minimum Gasteiger partial charge on any atom is -0.480 e. The number of hydrogen-bond donors (Lipinski definition) is 2. The van der Waals surface area contributed by atoms with Gasteiger partial charge in [0.1, 0.15) is 12.2 Å². The fourth-order valence-corrected chi connectivity index (χ4v) is 0.964. The summed E-state index contributed by atoms with van der Waals surface area (Å²) >= 11 is 0. The van der Waals surface area contributed by atoms with Crippen molar-refractivity contribution in [1.29, 1.82) is 0 Å². The second-order valence-electron chi connectivity index (χ2n) is 2.86. The van der Waals surface area contributed by atoms with E-state index in [-0.39, 0.29) is 13.1 Å². The molecular weight excluding hydrogens is 212 g/mol. The van der Waals surface area contributed by atoms with E-state index in [2.05, 4.69) is 27.5 Å². The highest BCUT2D eigenvalue weighted by atomic mass is 16.4. The number of carboxylic acids is 1. The molecule has 1 amide bonds. The smallest absolute Gasteiger partial charge is 0.325 e. The average molecular weight is 222 g/mol. The van der Waals surface area contributed by atoms with Crippen LogP contribution in [-0.2, 0) is 22.7 Å². The van der Waals surface area contributed by atoms with Crippen molar-refractivity contribution < 1.29 is 14.7 Å². The normalized spacial score (nSPS) is 9.06. The Bertz CT molecular complexity index is 455. The van der Waals surface area contributed by atoms with Crippen LogP contribution in [0.5, 0.6) is 0 Å². The summed E-state index contributed by atoms with van der Waals surface area (Å²) in [4.78, 5) is 21.3. The number of carbonyl (C=O) groups excluding carboxylic acids is 1. The fourth-order valence-electron chi connectivity index (χ4n) is 0.964. The van der Waals surface area contributed by atoms with Crippen molar-refractivity contribution in [2.24, 2.45) is 0 Å². The summed E-state index contributed by atoms with van der Waals surface area (Å²) in [5.41, 5.74) is 0.479. The Morgan fingerprint density at radius 1 is 1.62 bits per heavy atom. The number of rotatable bonds is 4. The molecule has 1 rings (SSSR count). The van der Waals surface area contributed by atoms with Gasteiger partial charge < -0.3 is 10.4 Å². The summed E-state index contributed by atoms with van der Waals surface area (Å²) in [6, 6.07) is 0. The molecule has 0 fully saturated rings. The highest BCUT2D eigenvalue weighted by Gasteiger charge is 2.04. The number of carboxylic acid groups (broad SMARTS) is 1. The van der Waals surface area contributed by atoms with Crippen LogP contribution in [0.25, 0.3) is 0 Å². The predicted octanol–water partition coefficient (Wildman–Crippen LogP) is -0.998.